The van der Waals surface area contributed by atoms with Crippen molar-refractivity contribution in [1.82, 2.24) is 5.32 Å². The van der Waals surface area contributed by atoms with Crippen LogP contribution >= 0.6 is 0 Å². The van der Waals surface area contributed by atoms with Crippen LogP contribution in [-0.4, -0.2) is 23.7 Å². The highest BCUT2D eigenvalue weighted by Crippen LogP contribution is 2.11. The van der Waals surface area contributed by atoms with Crippen molar-refractivity contribution < 1.29 is 14.7 Å². The lowest BCUT2D eigenvalue weighted by molar-refractivity contribution is -0.136. The number of hydrogen-bond acceptors (Lipinski definition) is 2. The number of carboxylic acids is 1. The number of carbonyl (C=O) groups is 2. The average Bonchev–Trinajstić information content (AvgIpc) is 2.43. The van der Waals surface area contributed by atoms with Crippen LogP contribution in [0.1, 0.15) is 24.8 Å². The molecule has 5 heteroatoms. The summed E-state index contributed by atoms with van der Waals surface area (Å²) in [6.45, 7) is 0.534. The molecule has 0 aliphatic heterocycles. The Morgan fingerprint density at radius 2 is 1.95 bits per heavy atom. The first-order valence-electron chi connectivity index (χ1n) is 6.41. The van der Waals surface area contributed by atoms with Crippen molar-refractivity contribution in [2.24, 2.45) is 0 Å². The molecule has 106 valence electrons. The number of amides is 2. The molecule has 0 unspecified atom stereocenters. The summed E-state index contributed by atoms with van der Waals surface area (Å²) in [5, 5.41) is 14.0. The van der Waals surface area contributed by atoms with Gasteiger partial charge in [0.05, 0.1) is 0 Å². The maximum absolute atomic E-state index is 11.5. The molecule has 20 heavy (non-hydrogen) atoms. The van der Waals surface area contributed by atoms with Gasteiger partial charge in [-0.15, -0.1) is 12.3 Å². The molecule has 2 amide bonds. The van der Waals surface area contributed by atoms with E-state index in [4.69, 9.17) is 11.5 Å². The van der Waals surface area contributed by atoms with Crippen LogP contribution in [0.3, 0.4) is 0 Å². The van der Waals surface area contributed by atoms with Gasteiger partial charge in [0.15, 0.2) is 0 Å². The quantitative estimate of drug-likeness (QED) is 0.527. The Bertz CT molecular complexity index is 489. The van der Waals surface area contributed by atoms with Crippen molar-refractivity contribution >= 4 is 17.7 Å². The number of terminal acetylenes is 1. The topological polar surface area (TPSA) is 78.4 Å². The Morgan fingerprint density at radius 1 is 1.25 bits per heavy atom. The first kappa shape index (κ1) is 15.6. The molecule has 3 N–H and O–H groups in total. The summed E-state index contributed by atoms with van der Waals surface area (Å²) in [7, 11) is 0. The first-order chi connectivity index (χ1) is 9.61. The SMILES string of the molecule is C#CCCCNC(=O)Nc1ccc(CCC(=O)O)cc1. The molecule has 0 atom stereocenters. The summed E-state index contributed by atoms with van der Waals surface area (Å²) >= 11 is 0. The van der Waals surface area contributed by atoms with Gasteiger partial charge in [0, 0.05) is 25.1 Å². The van der Waals surface area contributed by atoms with Crippen LogP contribution in [0.4, 0.5) is 10.5 Å². The number of benzene rings is 1. The van der Waals surface area contributed by atoms with Gasteiger partial charge in [-0.05, 0) is 30.5 Å². The molecule has 0 aliphatic rings. The van der Waals surface area contributed by atoms with Crippen molar-refractivity contribution in [3.05, 3.63) is 29.8 Å². The molecule has 0 fully saturated rings. The number of nitrogens with one attached hydrogen (secondary N) is 2. The van der Waals surface area contributed by atoms with E-state index in [2.05, 4.69) is 16.6 Å². The number of aliphatic carboxylic acids is 1. The maximum atomic E-state index is 11.5. The third kappa shape index (κ3) is 6.45. The van der Waals surface area contributed by atoms with Crippen molar-refractivity contribution in [2.75, 3.05) is 11.9 Å². The molecule has 0 heterocycles. The minimum Gasteiger partial charge on any atom is -0.481 e. The number of carbonyl (C=O) groups excluding carboxylic acids is 1. The smallest absolute Gasteiger partial charge is 0.319 e. The normalized spacial score (nSPS) is 9.55. The van der Waals surface area contributed by atoms with Crippen LogP contribution in [0.25, 0.3) is 0 Å². The third-order valence-electron chi connectivity index (χ3n) is 2.62. The second-order valence-electron chi connectivity index (χ2n) is 4.28. The molecule has 0 radical (unpaired) electrons. The van der Waals surface area contributed by atoms with Crippen LogP contribution in [0, 0.1) is 12.3 Å². The summed E-state index contributed by atoms with van der Waals surface area (Å²) in [6, 6.07) is 6.82. The zero-order valence-corrected chi connectivity index (χ0v) is 11.2. The van der Waals surface area contributed by atoms with Crippen LogP contribution < -0.4 is 10.6 Å². The molecule has 0 saturated heterocycles. The zero-order chi connectivity index (χ0) is 14.8. The Kier molecular flexibility index (Phi) is 6.69. The lowest BCUT2D eigenvalue weighted by atomic mass is 10.1. The highest BCUT2D eigenvalue weighted by atomic mass is 16.4. The average molecular weight is 274 g/mol. The van der Waals surface area contributed by atoms with E-state index in [0.29, 0.717) is 25.1 Å². The highest BCUT2D eigenvalue weighted by Gasteiger charge is 2.02. The lowest BCUT2D eigenvalue weighted by Crippen LogP contribution is -2.29. The van der Waals surface area contributed by atoms with Gasteiger partial charge in [0.1, 0.15) is 0 Å². The standard InChI is InChI=1S/C15H18N2O3/c1-2-3-4-11-16-15(20)17-13-8-5-12(6-9-13)7-10-14(18)19/h1,5-6,8-9H,3-4,7,10-11H2,(H,18,19)(H2,16,17,20). The fourth-order valence-corrected chi connectivity index (χ4v) is 1.57. The molecule has 0 aliphatic carbocycles. The van der Waals surface area contributed by atoms with E-state index in [1.54, 1.807) is 24.3 Å². The Labute approximate surface area is 118 Å². The van der Waals surface area contributed by atoms with E-state index in [1.165, 1.54) is 0 Å². The van der Waals surface area contributed by atoms with Gasteiger partial charge in [-0.2, -0.15) is 0 Å². The monoisotopic (exact) mass is 274 g/mol. The van der Waals surface area contributed by atoms with Crippen molar-refractivity contribution in [1.29, 1.82) is 0 Å². The number of urea groups is 1. The second-order valence-corrected chi connectivity index (χ2v) is 4.28. The van der Waals surface area contributed by atoms with Crippen LogP contribution in [-0.2, 0) is 11.2 Å². The van der Waals surface area contributed by atoms with E-state index in [0.717, 1.165) is 12.0 Å². The number of aryl methyl sites for hydroxylation is 1. The van der Waals surface area contributed by atoms with Crippen LogP contribution in [0.15, 0.2) is 24.3 Å². The summed E-state index contributed by atoms with van der Waals surface area (Å²) < 4.78 is 0. The summed E-state index contributed by atoms with van der Waals surface area (Å²) in [5.74, 6) is 1.68. The van der Waals surface area contributed by atoms with Gasteiger partial charge in [0.2, 0.25) is 0 Å². The predicted molar refractivity (Wildman–Crippen MR) is 77.5 cm³/mol. The van der Waals surface area contributed by atoms with Crippen LogP contribution in [0.5, 0.6) is 0 Å². The zero-order valence-electron chi connectivity index (χ0n) is 11.2. The molecule has 1 aromatic carbocycles. The Morgan fingerprint density at radius 3 is 2.55 bits per heavy atom. The molecular formula is C15H18N2O3. The van der Waals surface area contributed by atoms with Crippen molar-refractivity contribution in [3.8, 4) is 12.3 Å². The van der Waals surface area contributed by atoms with Gasteiger partial charge < -0.3 is 15.7 Å². The summed E-state index contributed by atoms with van der Waals surface area (Å²) in [6.07, 6.45) is 7.08. The van der Waals surface area contributed by atoms with E-state index in [1.807, 2.05) is 0 Å². The number of rotatable bonds is 7. The Balaban J connectivity index is 2.35. The molecule has 0 saturated carbocycles. The number of hydrogen-bond donors (Lipinski definition) is 3. The number of carboxylic acid groups (broad SMARTS) is 1. The molecule has 1 aromatic rings. The predicted octanol–water partition coefficient (Wildman–Crippen LogP) is 2.24. The van der Waals surface area contributed by atoms with E-state index < -0.39 is 5.97 Å². The number of anilines is 1. The molecule has 0 aromatic heterocycles. The van der Waals surface area contributed by atoms with Gasteiger partial charge in [-0.1, -0.05) is 12.1 Å². The van der Waals surface area contributed by atoms with Gasteiger partial charge in [-0.25, -0.2) is 4.79 Å². The van der Waals surface area contributed by atoms with Crippen molar-refractivity contribution in [2.45, 2.75) is 25.7 Å². The van der Waals surface area contributed by atoms with Crippen LogP contribution in [0.2, 0.25) is 0 Å². The van der Waals surface area contributed by atoms with E-state index >= 15 is 0 Å². The molecule has 5 nitrogen and oxygen atoms in total. The number of unbranched alkanes of at least 4 members (excludes halogenated alkanes) is 1. The largest absolute Gasteiger partial charge is 0.481 e. The highest BCUT2D eigenvalue weighted by molar-refractivity contribution is 5.89. The summed E-state index contributed by atoms with van der Waals surface area (Å²) in [4.78, 5) is 22.0. The molecular weight excluding hydrogens is 256 g/mol. The summed E-state index contributed by atoms with van der Waals surface area (Å²) in [5.41, 5.74) is 1.59. The molecule has 0 spiro atoms. The fraction of sp³-hybridized carbons (Fsp3) is 0.333. The first-order valence-corrected chi connectivity index (χ1v) is 6.41. The minimum absolute atomic E-state index is 0.0996. The lowest BCUT2D eigenvalue weighted by Gasteiger charge is -2.07. The van der Waals surface area contributed by atoms with Gasteiger partial charge >= 0.3 is 12.0 Å². The maximum Gasteiger partial charge on any atom is 0.319 e. The molecule has 0 bridgehead atoms. The van der Waals surface area contributed by atoms with E-state index in [-0.39, 0.29) is 12.5 Å². The minimum atomic E-state index is -0.821. The fourth-order valence-electron chi connectivity index (χ4n) is 1.57. The third-order valence-corrected chi connectivity index (χ3v) is 2.62. The molecule has 1 rings (SSSR count). The van der Waals surface area contributed by atoms with E-state index in [9.17, 15) is 9.59 Å². The van der Waals surface area contributed by atoms with Crippen molar-refractivity contribution in [3.63, 3.8) is 0 Å². The second kappa shape index (κ2) is 8.59. The van der Waals surface area contributed by atoms with Gasteiger partial charge in [-0.3, -0.25) is 4.79 Å². The van der Waals surface area contributed by atoms with Gasteiger partial charge in [0.25, 0.3) is 0 Å². The Hall–Kier alpha value is -2.48.